The van der Waals surface area contributed by atoms with Crippen LogP contribution in [0.3, 0.4) is 0 Å². The van der Waals surface area contributed by atoms with Gasteiger partial charge in [-0.2, -0.15) is 5.10 Å². The Hall–Kier alpha value is -2.83. The average molecular weight is 327 g/mol. The number of hydrogen-bond donors (Lipinski definition) is 1. The van der Waals surface area contributed by atoms with E-state index < -0.39 is 0 Å². The van der Waals surface area contributed by atoms with Crippen LogP contribution in [0, 0.1) is 20.8 Å². The molecule has 1 amide bonds. The fraction of sp³-hybridized carbons (Fsp3) is 0.353. The predicted molar refractivity (Wildman–Crippen MR) is 89.2 cm³/mol. The molecule has 3 aromatic rings. The summed E-state index contributed by atoms with van der Waals surface area (Å²) in [4.78, 5) is 12.4. The Morgan fingerprint density at radius 3 is 2.79 bits per heavy atom. The van der Waals surface area contributed by atoms with Gasteiger partial charge < -0.3 is 9.84 Å². The van der Waals surface area contributed by atoms with Crippen LogP contribution in [0.2, 0.25) is 0 Å². The molecule has 0 bridgehead atoms. The molecule has 3 heterocycles. The lowest BCUT2D eigenvalue weighted by atomic mass is 10.2. The zero-order valence-electron chi connectivity index (χ0n) is 14.1. The molecule has 126 valence electrons. The molecule has 0 aromatic carbocycles. The highest BCUT2D eigenvalue weighted by molar-refractivity contribution is 5.95. The zero-order valence-corrected chi connectivity index (χ0v) is 14.1. The largest absolute Gasteiger partial charge is 0.360 e. The van der Waals surface area contributed by atoms with Crippen LogP contribution in [0.25, 0.3) is 5.82 Å². The molecule has 24 heavy (non-hydrogen) atoms. The second kappa shape index (κ2) is 6.74. The maximum atomic E-state index is 12.4. The van der Waals surface area contributed by atoms with Crippen molar-refractivity contribution in [3.05, 3.63) is 53.3 Å². The first-order valence-corrected chi connectivity index (χ1v) is 7.94. The minimum atomic E-state index is -0.0740. The maximum Gasteiger partial charge on any atom is 0.253 e. The first kappa shape index (κ1) is 16.0. The Morgan fingerprint density at radius 2 is 2.12 bits per heavy atom. The highest BCUT2D eigenvalue weighted by atomic mass is 16.5. The quantitative estimate of drug-likeness (QED) is 0.705. The molecule has 0 saturated carbocycles. The normalized spacial score (nSPS) is 11.0. The second-order valence-corrected chi connectivity index (χ2v) is 5.79. The number of amides is 1. The Balaban J connectivity index is 1.65. The number of aryl methyl sites for hydroxylation is 3. The molecule has 0 atom stereocenters. The van der Waals surface area contributed by atoms with E-state index in [1.807, 2.05) is 54.4 Å². The summed E-state index contributed by atoms with van der Waals surface area (Å²) >= 11 is 0. The number of rotatable bonds is 6. The summed E-state index contributed by atoms with van der Waals surface area (Å²) in [6, 6.07) is 5.62. The van der Waals surface area contributed by atoms with E-state index in [1.165, 1.54) is 0 Å². The number of carbonyl (C=O) groups excluding carboxylic acids is 1. The van der Waals surface area contributed by atoms with Gasteiger partial charge in [0.25, 0.3) is 5.91 Å². The van der Waals surface area contributed by atoms with E-state index in [2.05, 4.69) is 15.6 Å². The standard InChI is InChI=1S/C17H21N5O2/c1-12-10-15(14(3)22(12)16-11-13(2)24-20-16)17(23)18-6-4-8-21-9-5-7-19-21/h5,7,9-11H,4,6,8H2,1-3H3,(H,18,23). The van der Waals surface area contributed by atoms with Crippen LogP contribution in [-0.2, 0) is 6.54 Å². The van der Waals surface area contributed by atoms with E-state index in [1.54, 1.807) is 6.20 Å². The summed E-state index contributed by atoms with van der Waals surface area (Å²) < 4.78 is 8.91. The molecule has 0 aliphatic rings. The van der Waals surface area contributed by atoms with E-state index in [4.69, 9.17) is 4.52 Å². The molecule has 7 nitrogen and oxygen atoms in total. The van der Waals surface area contributed by atoms with Crippen LogP contribution in [-0.4, -0.2) is 32.0 Å². The second-order valence-electron chi connectivity index (χ2n) is 5.79. The molecule has 0 radical (unpaired) electrons. The third-order valence-electron chi connectivity index (χ3n) is 3.93. The summed E-state index contributed by atoms with van der Waals surface area (Å²) in [6.45, 7) is 7.09. The molecule has 1 N–H and O–H groups in total. The van der Waals surface area contributed by atoms with Crippen molar-refractivity contribution in [3.63, 3.8) is 0 Å². The SMILES string of the molecule is Cc1cc(-n2c(C)cc(C(=O)NCCCn3cccn3)c2C)no1. The van der Waals surface area contributed by atoms with Crippen LogP contribution >= 0.6 is 0 Å². The first-order chi connectivity index (χ1) is 11.6. The van der Waals surface area contributed by atoms with Crippen LogP contribution in [0.15, 0.2) is 35.1 Å². The van der Waals surface area contributed by atoms with Gasteiger partial charge in [-0.25, -0.2) is 0 Å². The summed E-state index contributed by atoms with van der Waals surface area (Å²) in [6.07, 6.45) is 4.49. The van der Waals surface area contributed by atoms with E-state index in [9.17, 15) is 4.79 Å². The van der Waals surface area contributed by atoms with Crippen molar-refractivity contribution in [2.45, 2.75) is 33.7 Å². The summed E-state index contributed by atoms with van der Waals surface area (Å²) in [5.41, 5.74) is 2.46. The van der Waals surface area contributed by atoms with Gasteiger partial charge in [-0.1, -0.05) is 5.16 Å². The predicted octanol–water partition coefficient (Wildman–Crippen LogP) is 2.41. The van der Waals surface area contributed by atoms with Crippen molar-refractivity contribution in [1.29, 1.82) is 0 Å². The monoisotopic (exact) mass is 327 g/mol. The zero-order chi connectivity index (χ0) is 17.1. The number of nitrogens with zero attached hydrogens (tertiary/aromatic N) is 4. The minimum absolute atomic E-state index is 0.0740. The van der Waals surface area contributed by atoms with E-state index in [0.29, 0.717) is 17.9 Å². The van der Waals surface area contributed by atoms with Gasteiger partial charge in [-0.3, -0.25) is 14.0 Å². The van der Waals surface area contributed by atoms with Gasteiger partial charge in [0.15, 0.2) is 5.82 Å². The summed E-state index contributed by atoms with van der Waals surface area (Å²) in [7, 11) is 0. The van der Waals surface area contributed by atoms with Crippen molar-refractivity contribution in [2.75, 3.05) is 6.54 Å². The fourth-order valence-corrected chi connectivity index (χ4v) is 2.77. The molecule has 0 aliphatic carbocycles. The average Bonchev–Trinajstić information content (AvgIpc) is 3.25. The molecular formula is C17H21N5O2. The highest BCUT2D eigenvalue weighted by Crippen LogP contribution is 2.20. The summed E-state index contributed by atoms with van der Waals surface area (Å²) in [5, 5.41) is 11.1. The number of hydrogen-bond acceptors (Lipinski definition) is 4. The highest BCUT2D eigenvalue weighted by Gasteiger charge is 2.18. The molecule has 0 unspecified atom stereocenters. The lowest BCUT2D eigenvalue weighted by molar-refractivity contribution is 0.0952. The van der Waals surface area contributed by atoms with Gasteiger partial charge in [0.2, 0.25) is 0 Å². The van der Waals surface area contributed by atoms with Crippen LogP contribution in [0.5, 0.6) is 0 Å². The van der Waals surface area contributed by atoms with Crippen molar-refractivity contribution >= 4 is 5.91 Å². The van der Waals surface area contributed by atoms with Gasteiger partial charge in [-0.15, -0.1) is 0 Å². The Labute approximate surface area is 140 Å². The molecule has 3 aromatic heterocycles. The molecule has 0 aliphatic heterocycles. The van der Waals surface area contributed by atoms with Crippen LogP contribution in [0.4, 0.5) is 0 Å². The molecule has 7 heteroatoms. The minimum Gasteiger partial charge on any atom is -0.360 e. The Morgan fingerprint density at radius 1 is 1.29 bits per heavy atom. The van der Waals surface area contributed by atoms with E-state index >= 15 is 0 Å². The van der Waals surface area contributed by atoms with Gasteiger partial charge in [0, 0.05) is 42.9 Å². The molecule has 0 saturated heterocycles. The van der Waals surface area contributed by atoms with Crippen molar-refractivity contribution in [2.24, 2.45) is 0 Å². The van der Waals surface area contributed by atoms with Gasteiger partial charge in [0.05, 0.1) is 5.56 Å². The third kappa shape index (κ3) is 3.24. The van der Waals surface area contributed by atoms with Crippen LogP contribution in [0.1, 0.15) is 33.9 Å². The molecule has 3 rings (SSSR count). The molecule has 0 spiro atoms. The first-order valence-electron chi connectivity index (χ1n) is 7.94. The van der Waals surface area contributed by atoms with E-state index in [0.717, 1.165) is 30.1 Å². The topological polar surface area (TPSA) is 77.9 Å². The number of nitrogens with one attached hydrogen (secondary N) is 1. The third-order valence-corrected chi connectivity index (χ3v) is 3.93. The van der Waals surface area contributed by atoms with Gasteiger partial charge in [0.1, 0.15) is 5.76 Å². The van der Waals surface area contributed by atoms with Crippen molar-refractivity contribution in [3.8, 4) is 5.82 Å². The molecular weight excluding hydrogens is 306 g/mol. The summed E-state index contributed by atoms with van der Waals surface area (Å²) in [5.74, 6) is 1.36. The smallest absolute Gasteiger partial charge is 0.253 e. The van der Waals surface area contributed by atoms with Crippen molar-refractivity contribution < 1.29 is 9.32 Å². The van der Waals surface area contributed by atoms with Crippen molar-refractivity contribution in [1.82, 2.24) is 24.8 Å². The van der Waals surface area contributed by atoms with Gasteiger partial charge in [-0.05, 0) is 39.3 Å². The lowest BCUT2D eigenvalue weighted by Gasteiger charge is -2.07. The van der Waals surface area contributed by atoms with Crippen LogP contribution < -0.4 is 5.32 Å². The lowest BCUT2D eigenvalue weighted by Crippen LogP contribution is -2.25. The maximum absolute atomic E-state index is 12.4. The Bertz CT molecular complexity index is 829. The Kier molecular flexibility index (Phi) is 4.50. The molecule has 0 fully saturated rings. The fourth-order valence-electron chi connectivity index (χ4n) is 2.77. The number of carbonyl (C=O) groups is 1. The van der Waals surface area contributed by atoms with Gasteiger partial charge >= 0.3 is 0 Å². The number of aromatic nitrogens is 4. The van der Waals surface area contributed by atoms with E-state index in [-0.39, 0.29) is 5.91 Å².